The van der Waals surface area contributed by atoms with E-state index in [9.17, 15) is 0 Å². The van der Waals surface area contributed by atoms with Crippen LogP contribution in [0.5, 0.6) is 0 Å². The molecule has 1 rings (SSSR count). The Bertz CT molecular complexity index is 75.0. The van der Waals surface area contributed by atoms with E-state index in [-0.39, 0.29) is 12.2 Å². The molecule has 0 amide bonds. The van der Waals surface area contributed by atoms with E-state index in [0.29, 0.717) is 13.2 Å². The van der Waals surface area contributed by atoms with E-state index in [1.165, 1.54) is 0 Å². The molecule has 1 saturated heterocycles. The van der Waals surface area contributed by atoms with Gasteiger partial charge in [0.1, 0.15) is 0 Å². The topological polar surface area (TPSA) is 18.5 Å². The number of hydrogen-bond acceptors (Lipinski definition) is 2. The van der Waals surface area contributed by atoms with Crippen molar-refractivity contribution in [2.45, 2.75) is 19.6 Å². The molecule has 0 aliphatic carbocycles. The molecule has 52 valence electrons. The fourth-order valence-electron chi connectivity index (χ4n) is 0.794. The van der Waals surface area contributed by atoms with E-state index >= 15 is 0 Å². The van der Waals surface area contributed by atoms with Gasteiger partial charge in [0, 0.05) is 5.92 Å². The molecule has 2 heteroatoms. The van der Waals surface area contributed by atoms with Gasteiger partial charge in [-0.25, -0.2) is 0 Å². The zero-order valence-electron chi connectivity index (χ0n) is 5.67. The van der Waals surface area contributed by atoms with Crippen molar-refractivity contribution in [3.8, 4) is 0 Å². The van der Waals surface area contributed by atoms with Crippen molar-refractivity contribution in [3.05, 3.63) is 6.92 Å². The minimum atomic E-state index is -0.00944. The maximum Gasteiger partial charge on any atom is 0.157 e. The summed E-state index contributed by atoms with van der Waals surface area (Å²) < 4.78 is 10.4. The monoisotopic (exact) mass is 128 g/mol. The minimum absolute atomic E-state index is 0.00944. The van der Waals surface area contributed by atoms with Gasteiger partial charge in [-0.2, -0.15) is 0 Å². The van der Waals surface area contributed by atoms with Crippen LogP contribution < -0.4 is 0 Å². The van der Waals surface area contributed by atoms with Crippen molar-refractivity contribution in [1.29, 1.82) is 0 Å². The second-order valence-corrected chi connectivity index (χ2v) is 2.26. The third kappa shape index (κ3) is 1.95. The second-order valence-electron chi connectivity index (χ2n) is 2.26. The van der Waals surface area contributed by atoms with Gasteiger partial charge in [-0.3, -0.25) is 0 Å². The van der Waals surface area contributed by atoms with Crippen LogP contribution in [0.1, 0.15) is 13.3 Å². The van der Waals surface area contributed by atoms with Crippen LogP contribution in [0.2, 0.25) is 0 Å². The van der Waals surface area contributed by atoms with Crippen molar-refractivity contribution in [2.24, 2.45) is 5.92 Å². The zero-order valence-corrected chi connectivity index (χ0v) is 5.67. The Kier molecular flexibility index (Phi) is 2.49. The molecule has 1 aliphatic heterocycles. The van der Waals surface area contributed by atoms with E-state index < -0.39 is 0 Å². The van der Waals surface area contributed by atoms with Gasteiger partial charge in [-0.05, 0) is 13.3 Å². The highest BCUT2D eigenvalue weighted by molar-refractivity contribution is 4.63. The Balaban J connectivity index is 2.18. The predicted octanol–water partition coefficient (Wildman–Crippen LogP) is 1.10. The van der Waals surface area contributed by atoms with Crippen LogP contribution >= 0.6 is 0 Å². The highest BCUT2D eigenvalue weighted by Gasteiger charge is 2.16. The molecule has 0 N–H and O–H groups in total. The first kappa shape index (κ1) is 7.03. The van der Waals surface area contributed by atoms with Gasteiger partial charge in [-0.15, -0.1) is 0 Å². The van der Waals surface area contributed by atoms with E-state index in [1.54, 1.807) is 0 Å². The van der Waals surface area contributed by atoms with Gasteiger partial charge in [-0.1, -0.05) is 6.92 Å². The maximum absolute atomic E-state index is 5.50. The first-order valence-corrected chi connectivity index (χ1v) is 3.31. The van der Waals surface area contributed by atoms with E-state index in [1.807, 2.05) is 6.92 Å². The zero-order chi connectivity index (χ0) is 6.69. The summed E-state index contributed by atoms with van der Waals surface area (Å²) in [6, 6.07) is 0. The third-order valence-corrected chi connectivity index (χ3v) is 1.33. The van der Waals surface area contributed by atoms with Gasteiger partial charge in [0.2, 0.25) is 0 Å². The van der Waals surface area contributed by atoms with Crippen molar-refractivity contribution in [1.82, 2.24) is 0 Å². The van der Waals surface area contributed by atoms with Crippen LogP contribution in [0.15, 0.2) is 0 Å². The normalized spacial score (nSPS) is 36.7. The third-order valence-electron chi connectivity index (χ3n) is 1.33. The molecule has 0 aromatic carbocycles. The molecular weight excluding hydrogens is 116 g/mol. The van der Waals surface area contributed by atoms with Gasteiger partial charge in [0.15, 0.2) is 6.29 Å². The lowest BCUT2D eigenvalue weighted by molar-refractivity contribution is -0.193. The summed E-state index contributed by atoms with van der Waals surface area (Å²) in [5.41, 5.74) is 0. The van der Waals surface area contributed by atoms with Crippen LogP contribution in [0, 0.1) is 12.8 Å². The first-order chi connectivity index (χ1) is 4.33. The van der Waals surface area contributed by atoms with E-state index in [2.05, 4.69) is 0 Å². The number of hydrogen-bond donors (Lipinski definition) is 0. The summed E-state index contributed by atoms with van der Waals surface area (Å²) >= 11 is 0. The Morgan fingerprint density at radius 2 is 2.00 bits per heavy atom. The summed E-state index contributed by atoms with van der Waals surface area (Å²) in [6.07, 6.45) is 0.900. The average molecular weight is 128 g/mol. The smallest absolute Gasteiger partial charge is 0.157 e. The average Bonchev–Trinajstić information content (AvgIpc) is 1.90. The molecule has 0 aromatic heterocycles. The molecule has 1 aliphatic rings. The summed E-state index contributed by atoms with van der Waals surface area (Å²) in [5, 5.41) is 0. The molecule has 0 bridgehead atoms. The Morgan fingerprint density at radius 1 is 1.44 bits per heavy atom. The van der Waals surface area contributed by atoms with Crippen LogP contribution in [0.25, 0.3) is 0 Å². The highest BCUT2D eigenvalue weighted by Crippen LogP contribution is 2.11. The minimum Gasteiger partial charge on any atom is -0.352 e. The van der Waals surface area contributed by atoms with Gasteiger partial charge >= 0.3 is 0 Å². The quantitative estimate of drug-likeness (QED) is 0.526. The fraction of sp³-hybridized carbons (Fsp3) is 0.857. The molecular formula is C7H12O2. The van der Waals surface area contributed by atoms with Crippen molar-refractivity contribution < 1.29 is 9.47 Å². The molecule has 2 nitrogen and oxygen atoms in total. The maximum atomic E-state index is 5.50. The van der Waals surface area contributed by atoms with Crippen LogP contribution in [0.3, 0.4) is 0 Å². The summed E-state index contributed by atoms with van der Waals surface area (Å²) in [4.78, 5) is 0. The summed E-state index contributed by atoms with van der Waals surface area (Å²) in [7, 11) is 0. The lowest BCUT2D eigenvalue weighted by Crippen LogP contribution is -2.29. The molecule has 0 unspecified atom stereocenters. The highest BCUT2D eigenvalue weighted by atomic mass is 16.7. The molecule has 1 heterocycles. The SMILES string of the molecule is [CH]C1COC(CC)OC1. The fourth-order valence-corrected chi connectivity index (χ4v) is 0.794. The predicted molar refractivity (Wildman–Crippen MR) is 33.8 cm³/mol. The molecule has 0 atom stereocenters. The van der Waals surface area contributed by atoms with Crippen molar-refractivity contribution in [2.75, 3.05) is 13.2 Å². The molecule has 0 aromatic rings. The Morgan fingerprint density at radius 3 is 2.44 bits per heavy atom. The Hall–Kier alpha value is -0.0800. The van der Waals surface area contributed by atoms with Gasteiger partial charge in [0.05, 0.1) is 13.2 Å². The van der Waals surface area contributed by atoms with Crippen LogP contribution in [-0.2, 0) is 9.47 Å². The van der Waals surface area contributed by atoms with Gasteiger partial charge < -0.3 is 9.47 Å². The van der Waals surface area contributed by atoms with Crippen LogP contribution in [0.4, 0.5) is 0 Å². The van der Waals surface area contributed by atoms with Crippen molar-refractivity contribution >= 4 is 0 Å². The number of rotatable bonds is 1. The molecule has 9 heavy (non-hydrogen) atoms. The summed E-state index contributed by atoms with van der Waals surface area (Å²) in [5.74, 6) is 0.0767. The van der Waals surface area contributed by atoms with Gasteiger partial charge in [0.25, 0.3) is 0 Å². The van der Waals surface area contributed by atoms with Crippen LogP contribution in [-0.4, -0.2) is 19.5 Å². The molecule has 0 spiro atoms. The van der Waals surface area contributed by atoms with E-state index in [0.717, 1.165) is 6.42 Å². The molecule has 2 radical (unpaired) electrons. The van der Waals surface area contributed by atoms with E-state index in [4.69, 9.17) is 16.4 Å². The number of ether oxygens (including phenoxy) is 2. The van der Waals surface area contributed by atoms with Crippen molar-refractivity contribution in [3.63, 3.8) is 0 Å². The summed E-state index contributed by atoms with van der Waals surface area (Å²) in [6.45, 7) is 8.81. The molecule has 1 fully saturated rings. The molecule has 0 saturated carbocycles. The standard InChI is InChI=1S/C7H12O2/c1-3-7-8-4-6(2)5-9-7/h2,6-7H,3-5H2,1H3. The largest absolute Gasteiger partial charge is 0.352 e. The second kappa shape index (κ2) is 3.18. The lowest BCUT2D eigenvalue weighted by atomic mass is 10.2. The Labute approximate surface area is 56.2 Å². The lowest BCUT2D eigenvalue weighted by Gasteiger charge is -2.25. The first-order valence-electron chi connectivity index (χ1n) is 3.31.